The van der Waals surface area contributed by atoms with E-state index in [-0.39, 0.29) is 11.7 Å². The zero-order valence-electron chi connectivity index (χ0n) is 11.1. The van der Waals surface area contributed by atoms with Crippen molar-refractivity contribution in [2.75, 3.05) is 13.1 Å². The van der Waals surface area contributed by atoms with Gasteiger partial charge in [-0.3, -0.25) is 4.79 Å². The highest BCUT2D eigenvalue weighted by molar-refractivity contribution is 5.79. The summed E-state index contributed by atoms with van der Waals surface area (Å²) >= 11 is 0. The van der Waals surface area contributed by atoms with Crippen LogP contribution in [0.1, 0.15) is 40.0 Å². The van der Waals surface area contributed by atoms with E-state index in [4.69, 9.17) is 4.74 Å². The molecule has 3 fully saturated rings. The number of morpholine rings is 1. The van der Waals surface area contributed by atoms with Crippen LogP contribution in [0.4, 0.5) is 0 Å². The average molecular weight is 237 g/mol. The molecular formula is C14H23NO2. The first-order valence-electron chi connectivity index (χ1n) is 6.91. The van der Waals surface area contributed by atoms with Crippen LogP contribution < -0.4 is 0 Å². The van der Waals surface area contributed by atoms with Crippen molar-refractivity contribution in [2.45, 2.75) is 51.7 Å². The molecule has 0 spiro atoms. The summed E-state index contributed by atoms with van der Waals surface area (Å²) in [6, 6.07) is 0. The fraction of sp³-hybridized carbons (Fsp3) is 0.929. The number of nitrogens with zero attached hydrogens (tertiary/aromatic N) is 1. The first-order chi connectivity index (χ1) is 7.94. The van der Waals surface area contributed by atoms with E-state index in [0.29, 0.717) is 11.8 Å². The predicted molar refractivity (Wildman–Crippen MR) is 65.5 cm³/mol. The molecule has 0 aromatic carbocycles. The second-order valence-electron chi connectivity index (χ2n) is 6.83. The molecule has 96 valence electrons. The Hall–Kier alpha value is -0.570. The molecule has 3 unspecified atom stereocenters. The van der Waals surface area contributed by atoms with E-state index in [1.54, 1.807) is 0 Å². The summed E-state index contributed by atoms with van der Waals surface area (Å²) in [6.45, 7) is 7.74. The van der Waals surface area contributed by atoms with Gasteiger partial charge in [-0.25, -0.2) is 0 Å². The number of ether oxygens (including phenoxy) is 1. The zero-order valence-corrected chi connectivity index (χ0v) is 11.1. The van der Waals surface area contributed by atoms with Gasteiger partial charge in [-0.2, -0.15) is 0 Å². The molecule has 2 aliphatic carbocycles. The molecule has 3 rings (SSSR count). The van der Waals surface area contributed by atoms with Gasteiger partial charge >= 0.3 is 0 Å². The summed E-state index contributed by atoms with van der Waals surface area (Å²) in [5.41, 5.74) is -0.186. The van der Waals surface area contributed by atoms with Crippen molar-refractivity contribution >= 4 is 5.91 Å². The molecule has 1 amide bonds. The van der Waals surface area contributed by atoms with Crippen molar-refractivity contribution in [2.24, 2.45) is 17.8 Å². The van der Waals surface area contributed by atoms with Crippen LogP contribution in [0.5, 0.6) is 0 Å². The van der Waals surface area contributed by atoms with E-state index in [9.17, 15) is 4.79 Å². The fourth-order valence-electron chi connectivity index (χ4n) is 3.80. The summed E-state index contributed by atoms with van der Waals surface area (Å²) in [5.74, 6) is 2.48. The van der Waals surface area contributed by atoms with Gasteiger partial charge in [-0.15, -0.1) is 0 Å². The minimum atomic E-state index is -0.186. The Balaban J connectivity index is 1.64. The van der Waals surface area contributed by atoms with Gasteiger partial charge in [0.2, 0.25) is 5.91 Å². The smallest absolute Gasteiger partial charge is 0.225 e. The van der Waals surface area contributed by atoms with Gasteiger partial charge in [-0.05, 0) is 51.9 Å². The standard InChI is InChI=1S/C14H23NO2/c1-9-7-15(8-14(2,3)17-9)13(16)12-5-10-4-11(10)6-12/h9-12H,4-8H2,1-3H3. The average Bonchev–Trinajstić information content (AvgIpc) is 2.82. The SMILES string of the molecule is CC1CN(C(=O)C2CC3CC3C2)CC(C)(C)O1. The number of rotatable bonds is 1. The van der Waals surface area contributed by atoms with Gasteiger partial charge in [0.25, 0.3) is 0 Å². The largest absolute Gasteiger partial charge is 0.369 e. The van der Waals surface area contributed by atoms with Crippen LogP contribution in [0.15, 0.2) is 0 Å². The van der Waals surface area contributed by atoms with Crippen LogP contribution in [0, 0.1) is 17.8 Å². The maximum atomic E-state index is 12.5. The van der Waals surface area contributed by atoms with Crippen LogP contribution in [0.2, 0.25) is 0 Å². The lowest BCUT2D eigenvalue weighted by atomic mass is 9.99. The molecule has 3 heteroatoms. The number of hydrogen-bond donors (Lipinski definition) is 0. The molecule has 3 atom stereocenters. The quantitative estimate of drug-likeness (QED) is 0.698. The lowest BCUT2D eigenvalue weighted by molar-refractivity contribution is -0.161. The Morgan fingerprint density at radius 2 is 1.88 bits per heavy atom. The van der Waals surface area contributed by atoms with Crippen molar-refractivity contribution in [3.8, 4) is 0 Å². The third-order valence-electron chi connectivity index (χ3n) is 4.47. The van der Waals surface area contributed by atoms with Gasteiger partial charge in [-0.1, -0.05) is 0 Å². The summed E-state index contributed by atoms with van der Waals surface area (Å²) in [4.78, 5) is 14.5. The number of carbonyl (C=O) groups is 1. The number of fused-ring (bicyclic) bond motifs is 1. The highest BCUT2D eigenvalue weighted by atomic mass is 16.5. The van der Waals surface area contributed by atoms with E-state index < -0.39 is 0 Å². The van der Waals surface area contributed by atoms with Gasteiger partial charge in [0, 0.05) is 19.0 Å². The molecule has 0 aromatic heterocycles. The van der Waals surface area contributed by atoms with Crippen LogP contribution in [-0.4, -0.2) is 35.6 Å². The topological polar surface area (TPSA) is 29.5 Å². The molecule has 1 heterocycles. The van der Waals surface area contributed by atoms with E-state index in [2.05, 4.69) is 20.8 Å². The van der Waals surface area contributed by atoms with Crippen molar-refractivity contribution in [1.29, 1.82) is 0 Å². The Morgan fingerprint density at radius 3 is 2.47 bits per heavy atom. The third-order valence-corrected chi connectivity index (χ3v) is 4.47. The van der Waals surface area contributed by atoms with Gasteiger partial charge < -0.3 is 9.64 Å². The van der Waals surface area contributed by atoms with Crippen molar-refractivity contribution in [1.82, 2.24) is 4.90 Å². The predicted octanol–water partition coefficient (Wildman–Crippen LogP) is 2.06. The van der Waals surface area contributed by atoms with E-state index in [1.165, 1.54) is 6.42 Å². The lowest BCUT2D eigenvalue weighted by Gasteiger charge is -2.42. The summed E-state index contributed by atoms with van der Waals surface area (Å²) in [7, 11) is 0. The second kappa shape index (κ2) is 3.71. The molecule has 3 nitrogen and oxygen atoms in total. The van der Waals surface area contributed by atoms with Crippen LogP contribution >= 0.6 is 0 Å². The normalized spacial score (nSPS) is 43.4. The maximum Gasteiger partial charge on any atom is 0.225 e. The van der Waals surface area contributed by atoms with E-state index >= 15 is 0 Å². The minimum Gasteiger partial charge on any atom is -0.369 e. The molecule has 0 aromatic rings. The zero-order chi connectivity index (χ0) is 12.2. The molecule has 1 aliphatic heterocycles. The minimum absolute atomic E-state index is 0.165. The number of amides is 1. The van der Waals surface area contributed by atoms with Crippen LogP contribution in [0.3, 0.4) is 0 Å². The molecule has 2 saturated carbocycles. The molecule has 17 heavy (non-hydrogen) atoms. The molecule has 3 aliphatic rings. The monoisotopic (exact) mass is 237 g/mol. The van der Waals surface area contributed by atoms with Gasteiger partial charge in [0.05, 0.1) is 11.7 Å². The van der Waals surface area contributed by atoms with E-state index in [1.807, 2.05) is 4.90 Å². The fourth-order valence-corrected chi connectivity index (χ4v) is 3.80. The maximum absolute atomic E-state index is 12.5. The molecular weight excluding hydrogens is 214 g/mol. The van der Waals surface area contributed by atoms with Gasteiger partial charge in [0.15, 0.2) is 0 Å². The Bertz CT molecular complexity index is 329. The highest BCUT2D eigenvalue weighted by Gasteiger charge is 2.49. The van der Waals surface area contributed by atoms with Crippen LogP contribution in [0.25, 0.3) is 0 Å². The first kappa shape index (κ1) is 11.5. The van der Waals surface area contributed by atoms with E-state index in [0.717, 1.165) is 37.8 Å². The first-order valence-corrected chi connectivity index (χ1v) is 6.91. The molecule has 1 saturated heterocycles. The highest BCUT2D eigenvalue weighted by Crippen LogP contribution is 2.54. The lowest BCUT2D eigenvalue weighted by Crippen LogP contribution is -2.55. The van der Waals surface area contributed by atoms with Gasteiger partial charge in [0.1, 0.15) is 0 Å². The Labute approximate surface area is 104 Å². The van der Waals surface area contributed by atoms with Crippen molar-refractivity contribution in [3.63, 3.8) is 0 Å². The second-order valence-corrected chi connectivity index (χ2v) is 6.83. The van der Waals surface area contributed by atoms with Crippen molar-refractivity contribution < 1.29 is 9.53 Å². The summed E-state index contributed by atoms with van der Waals surface area (Å²) in [5, 5.41) is 0. The third kappa shape index (κ3) is 2.22. The number of carbonyl (C=O) groups excluding carboxylic acids is 1. The Kier molecular flexibility index (Phi) is 2.51. The Morgan fingerprint density at radius 1 is 1.24 bits per heavy atom. The number of hydrogen-bond acceptors (Lipinski definition) is 2. The molecule has 0 N–H and O–H groups in total. The summed E-state index contributed by atoms with van der Waals surface area (Å²) < 4.78 is 5.85. The van der Waals surface area contributed by atoms with Crippen molar-refractivity contribution in [3.05, 3.63) is 0 Å². The van der Waals surface area contributed by atoms with Crippen LogP contribution in [-0.2, 0) is 9.53 Å². The summed E-state index contributed by atoms with van der Waals surface area (Å²) in [6.07, 6.45) is 3.85. The molecule has 0 radical (unpaired) electrons. The molecule has 0 bridgehead atoms.